The van der Waals surface area contributed by atoms with Gasteiger partial charge in [0.1, 0.15) is 6.61 Å². The molecule has 0 radical (unpaired) electrons. The third-order valence-electron chi connectivity index (χ3n) is 3.59. The Morgan fingerprint density at radius 3 is 2.64 bits per heavy atom. The summed E-state index contributed by atoms with van der Waals surface area (Å²) >= 11 is 0. The highest BCUT2D eigenvalue weighted by atomic mass is 16.5. The van der Waals surface area contributed by atoms with Crippen molar-refractivity contribution in [3.8, 4) is 0 Å². The molecule has 1 aromatic rings. The van der Waals surface area contributed by atoms with Crippen LogP contribution in [0.25, 0.3) is 0 Å². The quantitative estimate of drug-likeness (QED) is 0.580. The van der Waals surface area contributed by atoms with E-state index in [9.17, 15) is 9.90 Å². The number of alkyl carbamates (subject to hydrolysis) is 1. The number of hydrogen-bond donors (Lipinski definition) is 3. The van der Waals surface area contributed by atoms with Gasteiger partial charge >= 0.3 is 6.09 Å². The van der Waals surface area contributed by atoms with Crippen LogP contribution in [0.1, 0.15) is 44.6 Å². The van der Waals surface area contributed by atoms with E-state index in [-0.39, 0.29) is 19.2 Å². The summed E-state index contributed by atoms with van der Waals surface area (Å²) in [5.74, 6) is 0. The fraction of sp³-hybridized carbons (Fsp3) is 0.588. The van der Waals surface area contributed by atoms with E-state index in [0.717, 1.165) is 31.2 Å². The minimum Gasteiger partial charge on any atom is -0.445 e. The normalized spacial score (nSPS) is 13.4. The summed E-state index contributed by atoms with van der Waals surface area (Å²) in [6.07, 6.45) is 3.79. The minimum absolute atomic E-state index is 0.122. The molecular formula is C17H28N2O3. The van der Waals surface area contributed by atoms with Crippen molar-refractivity contribution >= 4 is 6.09 Å². The van der Waals surface area contributed by atoms with Gasteiger partial charge in [0, 0.05) is 6.54 Å². The van der Waals surface area contributed by atoms with Crippen molar-refractivity contribution in [1.82, 2.24) is 5.32 Å². The molecule has 5 heteroatoms. The fourth-order valence-corrected chi connectivity index (χ4v) is 2.23. The fourth-order valence-electron chi connectivity index (χ4n) is 2.23. The number of amides is 1. The number of nitrogens with two attached hydrogens (primary N) is 1. The number of carbonyl (C=O) groups is 1. The number of ether oxygens (including phenoxy) is 1. The average molecular weight is 308 g/mol. The van der Waals surface area contributed by atoms with Crippen LogP contribution in [0.15, 0.2) is 30.3 Å². The van der Waals surface area contributed by atoms with Gasteiger partial charge in [-0.1, -0.05) is 62.9 Å². The lowest BCUT2D eigenvalue weighted by Gasteiger charge is -2.23. The second kappa shape index (κ2) is 11.0. The first kappa shape index (κ1) is 18.5. The minimum atomic E-state index is -0.745. The van der Waals surface area contributed by atoms with Gasteiger partial charge in [-0.25, -0.2) is 4.79 Å². The van der Waals surface area contributed by atoms with Gasteiger partial charge in [0.05, 0.1) is 12.1 Å². The molecule has 1 amide bonds. The maximum Gasteiger partial charge on any atom is 0.407 e. The average Bonchev–Trinajstić information content (AvgIpc) is 2.56. The SMILES string of the molecule is CCCCCC[C@H](NC(=O)OCc1ccccc1)[C@H](O)CN. The van der Waals surface area contributed by atoms with Gasteiger partial charge in [-0.05, 0) is 12.0 Å². The summed E-state index contributed by atoms with van der Waals surface area (Å²) in [7, 11) is 0. The van der Waals surface area contributed by atoms with Crippen LogP contribution >= 0.6 is 0 Å². The van der Waals surface area contributed by atoms with Crippen molar-refractivity contribution in [1.29, 1.82) is 0 Å². The standard InChI is InChI=1S/C17H28N2O3/c1-2-3-4-8-11-15(16(20)12-18)19-17(21)22-13-14-9-6-5-7-10-14/h5-7,9-10,15-16,20H,2-4,8,11-13,18H2,1H3,(H,19,21)/t15-,16+/m0/s1. The van der Waals surface area contributed by atoms with Crippen molar-refractivity contribution < 1.29 is 14.6 Å². The van der Waals surface area contributed by atoms with Gasteiger partial charge in [-0.2, -0.15) is 0 Å². The van der Waals surface area contributed by atoms with Crippen molar-refractivity contribution in [2.45, 2.75) is 57.8 Å². The molecule has 0 fully saturated rings. The molecule has 0 aliphatic heterocycles. The highest BCUT2D eigenvalue weighted by Gasteiger charge is 2.20. The van der Waals surface area contributed by atoms with Crippen LogP contribution in [0.4, 0.5) is 4.79 Å². The molecule has 0 saturated heterocycles. The zero-order valence-corrected chi connectivity index (χ0v) is 13.3. The Balaban J connectivity index is 2.37. The van der Waals surface area contributed by atoms with Crippen molar-refractivity contribution in [2.75, 3.05) is 6.54 Å². The molecule has 0 spiro atoms. The third kappa shape index (κ3) is 7.43. The number of unbranched alkanes of at least 4 members (excludes halogenated alkanes) is 3. The number of aliphatic hydroxyl groups is 1. The molecule has 4 N–H and O–H groups in total. The summed E-state index contributed by atoms with van der Waals surface area (Å²) in [5, 5.41) is 12.6. The second-order valence-corrected chi connectivity index (χ2v) is 5.46. The smallest absolute Gasteiger partial charge is 0.407 e. The van der Waals surface area contributed by atoms with E-state index >= 15 is 0 Å². The molecule has 0 saturated carbocycles. The molecule has 124 valence electrons. The maximum atomic E-state index is 11.9. The zero-order chi connectivity index (χ0) is 16.2. The molecule has 1 rings (SSSR count). The van der Waals surface area contributed by atoms with Gasteiger partial charge in [0.25, 0.3) is 0 Å². The van der Waals surface area contributed by atoms with E-state index in [1.165, 1.54) is 0 Å². The van der Waals surface area contributed by atoms with Crippen LogP contribution < -0.4 is 11.1 Å². The van der Waals surface area contributed by atoms with Crippen LogP contribution in [0, 0.1) is 0 Å². The van der Waals surface area contributed by atoms with Gasteiger partial charge in [-0.15, -0.1) is 0 Å². The number of carbonyl (C=O) groups excluding carboxylic acids is 1. The van der Waals surface area contributed by atoms with Crippen LogP contribution in [-0.4, -0.2) is 29.9 Å². The molecule has 1 aromatic carbocycles. The van der Waals surface area contributed by atoms with Gasteiger partial charge in [-0.3, -0.25) is 0 Å². The van der Waals surface area contributed by atoms with E-state index in [0.29, 0.717) is 6.42 Å². The lowest BCUT2D eigenvalue weighted by atomic mass is 10.0. The number of rotatable bonds is 10. The Bertz CT molecular complexity index is 412. The summed E-state index contributed by atoms with van der Waals surface area (Å²) < 4.78 is 5.18. The monoisotopic (exact) mass is 308 g/mol. The molecule has 0 unspecified atom stereocenters. The molecule has 0 bridgehead atoms. The molecule has 0 aliphatic rings. The van der Waals surface area contributed by atoms with Gasteiger partial charge in [0.2, 0.25) is 0 Å². The number of benzene rings is 1. The Kier molecular flexibility index (Phi) is 9.26. The highest BCUT2D eigenvalue weighted by Crippen LogP contribution is 2.09. The van der Waals surface area contributed by atoms with Crippen molar-refractivity contribution in [3.05, 3.63) is 35.9 Å². The van der Waals surface area contributed by atoms with E-state index in [1.54, 1.807) is 0 Å². The van der Waals surface area contributed by atoms with Gasteiger partial charge in [0.15, 0.2) is 0 Å². The molecule has 2 atom stereocenters. The first-order valence-corrected chi connectivity index (χ1v) is 8.02. The molecule has 5 nitrogen and oxygen atoms in total. The second-order valence-electron chi connectivity index (χ2n) is 5.46. The number of aliphatic hydroxyl groups excluding tert-OH is 1. The van der Waals surface area contributed by atoms with E-state index in [4.69, 9.17) is 10.5 Å². The highest BCUT2D eigenvalue weighted by molar-refractivity contribution is 5.67. The molecule has 22 heavy (non-hydrogen) atoms. The Labute approximate surface area is 132 Å². The predicted molar refractivity (Wildman–Crippen MR) is 87.4 cm³/mol. The summed E-state index contributed by atoms with van der Waals surface area (Å²) in [6.45, 7) is 2.48. The van der Waals surface area contributed by atoms with E-state index < -0.39 is 12.2 Å². The lowest BCUT2D eigenvalue weighted by Crippen LogP contribution is -2.46. The predicted octanol–water partition coefficient (Wildman–Crippen LogP) is 2.57. The van der Waals surface area contributed by atoms with E-state index in [2.05, 4.69) is 12.2 Å². The molecular weight excluding hydrogens is 280 g/mol. The number of nitrogens with one attached hydrogen (secondary N) is 1. The number of hydrogen-bond acceptors (Lipinski definition) is 4. The lowest BCUT2D eigenvalue weighted by molar-refractivity contribution is 0.102. The first-order valence-electron chi connectivity index (χ1n) is 8.02. The Hall–Kier alpha value is -1.59. The van der Waals surface area contributed by atoms with Crippen molar-refractivity contribution in [3.63, 3.8) is 0 Å². The molecule has 0 heterocycles. The van der Waals surface area contributed by atoms with Gasteiger partial charge < -0.3 is 20.9 Å². The summed E-state index contributed by atoms with van der Waals surface area (Å²) in [5.41, 5.74) is 6.43. The van der Waals surface area contributed by atoms with Crippen LogP contribution in [-0.2, 0) is 11.3 Å². The molecule has 0 aliphatic carbocycles. The summed E-state index contributed by atoms with van der Waals surface area (Å²) in [6, 6.07) is 9.13. The van der Waals surface area contributed by atoms with Crippen LogP contribution in [0.3, 0.4) is 0 Å². The third-order valence-corrected chi connectivity index (χ3v) is 3.59. The zero-order valence-electron chi connectivity index (χ0n) is 13.3. The van der Waals surface area contributed by atoms with Crippen LogP contribution in [0.2, 0.25) is 0 Å². The summed E-state index contributed by atoms with van der Waals surface area (Å²) in [4.78, 5) is 11.9. The maximum absolute atomic E-state index is 11.9. The van der Waals surface area contributed by atoms with E-state index in [1.807, 2.05) is 30.3 Å². The first-order chi connectivity index (χ1) is 10.7. The largest absolute Gasteiger partial charge is 0.445 e. The Morgan fingerprint density at radius 2 is 2.00 bits per heavy atom. The van der Waals surface area contributed by atoms with Crippen molar-refractivity contribution in [2.24, 2.45) is 5.73 Å². The molecule has 0 aromatic heterocycles. The van der Waals surface area contributed by atoms with Crippen LogP contribution in [0.5, 0.6) is 0 Å². The topological polar surface area (TPSA) is 84.6 Å². The Morgan fingerprint density at radius 1 is 1.27 bits per heavy atom.